The normalized spacial score (nSPS) is 14.7. The first kappa shape index (κ1) is 24.4. The molecule has 5 heterocycles. The van der Waals surface area contributed by atoms with Crippen LogP contribution in [0, 0.1) is 11.3 Å². The summed E-state index contributed by atoms with van der Waals surface area (Å²) >= 11 is 0. The molecule has 0 saturated carbocycles. The Morgan fingerprint density at radius 3 is 2.81 bits per heavy atom. The molecule has 11 nitrogen and oxygen atoms in total. The first-order chi connectivity index (χ1) is 17.7. The Hall–Kier alpha value is -4.34. The highest BCUT2D eigenvalue weighted by Crippen LogP contribution is 2.28. The molecule has 1 saturated heterocycles. The summed E-state index contributed by atoms with van der Waals surface area (Å²) in [5.74, 6) is -0.541. The van der Waals surface area contributed by atoms with Crippen LogP contribution >= 0.6 is 0 Å². The molecule has 1 fully saturated rings. The molecule has 0 radical (unpaired) electrons. The third-order valence-corrected chi connectivity index (χ3v) is 6.26. The van der Waals surface area contributed by atoms with Crippen LogP contribution in [-0.4, -0.2) is 66.8 Å². The number of amides is 1. The van der Waals surface area contributed by atoms with Gasteiger partial charge in [0.05, 0.1) is 70.0 Å². The second-order valence-electron chi connectivity index (χ2n) is 9.50. The molecule has 1 aliphatic heterocycles. The van der Waals surface area contributed by atoms with Gasteiger partial charge in [-0.05, 0) is 38.1 Å². The number of nitrogens with one attached hydrogen (secondary N) is 3. The molecule has 1 amide bonds. The molecule has 4 aromatic rings. The second kappa shape index (κ2) is 9.61. The van der Waals surface area contributed by atoms with Gasteiger partial charge in [-0.15, -0.1) is 0 Å². The number of hydrogen-bond donors (Lipinski definition) is 4. The summed E-state index contributed by atoms with van der Waals surface area (Å²) in [5.41, 5.74) is 2.09. The van der Waals surface area contributed by atoms with Crippen molar-refractivity contribution in [2.45, 2.75) is 31.7 Å². The summed E-state index contributed by atoms with van der Waals surface area (Å²) in [6.45, 7) is 4.00. The van der Waals surface area contributed by atoms with Crippen molar-refractivity contribution in [3.8, 4) is 17.5 Å². The third-order valence-electron chi connectivity index (χ3n) is 6.26. The van der Waals surface area contributed by atoms with Crippen LogP contribution < -0.4 is 16.0 Å². The average molecular weight is 504 g/mol. The molecule has 190 valence electrons. The summed E-state index contributed by atoms with van der Waals surface area (Å²) < 4.78 is 17.8. The highest BCUT2D eigenvalue weighted by atomic mass is 19.1. The first-order valence-corrected chi connectivity index (χ1v) is 11.8. The highest BCUT2D eigenvalue weighted by molar-refractivity contribution is 6.00. The van der Waals surface area contributed by atoms with Crippen LogP contribution in [0.3, 0.4) is 0 Å². The number of anilines is 2. The molecule has 0 bridgehead atoms. The zero-order valence-electron chi connectivity index (χ0n) is 20.3. The van der Waals surface area contributed by atoms with Crippen molar-refractivity contribution in [2.24, 2.45) is 0 Å². The number of fused-ring (bicyclic) bond motifs is 1. The Bertz CT molecular complexity index is 1490. The third kappa shape index (κ3) is 5.00. The quantitative estimate of drug-likeness (QED) is 0.286. The van der Waals surface area contributed by atoms with Crippen molar-refractivity contribution in [3.63, 3.8) is 0 Å². The van der Waals surface area contributed by atoms with Crippen molar-refractivity contribution >= 4 is 22.8 Å². The van der Waals surface area contributed by atoms with Crippen molar-refractivity contribution in [1.82, 2.24) is 35.0 Å². The minimum Gasteiger partial charge on any atom is -0.387 e. The van der Waals surface area contributed by atoms with Crippen LogP contribution in [0.1, 0.15) is 35.8 Å². The van der Waals surface area contributed by atoms with Crippen LogP contribution in [0.2, 0.25) is 0 Å². The van der Waals surface area contributed by atoms with E-state index in [1.165, 1.54) is 26.2 Å². The van der Waals surface area contributed by atoms with Crippen LogP contribution in [0.25, 0.3) is 16.9 Å². The number of halogens is 1. The summed E-state index contributed by atoms with van der Waals surface area (Å²) in [4.78, 5) is 17.5. The van der Waals surface area contributed by atoms with Crippen molar-refractivity contribution in [2.75, 3.05) is 25.0 Å². The molecule has 1 aliphatic rings. The lowest BCUT2D eigenvalue weighted by Gasteiger charge is -2.27. The van der Waals surface area contributed by atoms with Gasteiger partial charge < -0.3 is 21.1 Å². The van der Waals surface area contributed by atoms with Crippen LogP contribution in [-0.2, 0) is 0 Å². The monoisotopic (exact) mass is 503 g/mol. The Balaban J connectivity index is 1.48. The van der Waals surface area contributed by atoms with Gasteiger partial charge in [0.15, 0.2) is 0 Å². The van der Waals surface area contributed by atoms with E-state index in [1.807, 2.05) is 23.0 Å². The van der Waals surface area contributed by atoms with E-state index < -0.39 is 17.7 Å². The van der Waals surface area contributed by atoms with Crippen molar-refractivity contribution < 1.29 is 14.3 Å². The number of hydrogen-bond acceptors (Lipinski definition) is 8. The van der Waals surface area contributed by atoms with Gasteiger partial charge in [0.1, 0.15) is 12.2 Å². The molecule has 0 aromatic carbocycles. The SMILES string of the molecule is CC(C)(O)[C@H](F)CNC(=O)c1cnc(-c2ccc3cc(C#N)cnn23)cc1Nc1cnn(C2CNC2)c1. The predicted octanol–water partition coefficient (Wildman–Crippen LogP) is 2.19. The van der Waals surface area contributed by atoms with Gasteiger partial charge in [-0.2, -0.15) is 15.5 Å². The fourth-order valence-electron chi connectivity index (χ4n) is 3.88. The van der Waals surface area contributed by atoms with E-state index in [4.69, 9.17) is 5.26 Å². The van der Waals surface area contributed by atoms with E-state index in [0.717, 1.165) is 18.6 Å². The molecule has 0 unspecified atom stereocenters. The number of aromatic nitrogens is 5. The zero-order chi connectivity index (χ0) is 26.2. The summed E-state index contributed by atoms with van der Waals surface area (Å²) in [7, 11) is 0. The number of alkyl halides is 1. The van der Waals surface area contributed by atoms with E-state index in [9.17, 15) is 14.3 Å². The van der Waals surface area contributed by atoms with E-state index in [-0.39, 0.29) is 18.2 Å². The maximum Gasteiger partial charge on any atom is 0.255 e. The highest BCUT2D eigenvalue weighted by Gasteiger charge is 2.27. The second-order valence-corrected chi connectivity index (χ2v) is 9.50. The number of pyridine rings is 1. The van der Waals surface area contributed by atoms with Gasteiger partial charge in [-0.3, -0.25) is 14.5 Å². The van der Waals surface area contributed by atoms with E-state index in [1.54, 1.807) is 22.8 Å². The molecule has 0 aliphatic carbocycles. The number of carbonyl (C=O) groups is 1. The lowest BCUT2D eigenvalue weighted by molar-refractivity contribution is -0.00177. The first-order valence-electron chi connectivity index (χ1n) is 11.8. The average Bonchev–Trinajstić information content (AvgIpc) is 3.47. The smallest absolute Gasteiger partial charge is 0.255 e. The van der Waals surface area contributed by atoms with Crippen molar-refractivity contribution in [1.29, 1.82) is 5.26 Å². The number of carbonyl (C=O) groups excluding carboxylic acids is 1. The fourth-order valence-corrected chi connectivity index (χ4v) is 3.88. The predicted molar refractivity (Wildman–Crippen MR) is 134 cm³/mol. The molecule has 4 N–H and O–H groups in total. The van der Waals surface area contributed by atoms with E-state index >= 15 is 0 Å². The minimum atomic E-state index is -1.65. The molecule has 0 spiro atoms. The molecular weight excluding hydrogens is 477 g/mol. The number of nitrogens with zero attached hydrogens (tertiary/aromatic N) is 6. The van der Waals surface area contributed by atoms with Gasteiger partial charge in [0.25, 0.3) is 5.91 Å². The van der Waals surface area contributed by atoms with Gasteiger partial charge in [-0.1, -0.05) is 0 Å². The lowest BCUT2D eigenvalue weighted by atomic mass is 10.0. The fraction of sp³-hybridized carbons (Fsp3) is 0.320. The summed E-state index contributed by atoms with van der Waals surface area (Å²) in [6, 6.07) is 9.42. The van der Waals surface area contributed by atoms with E-state index in [0.29, 0.717) is 28.3 Å². The molecule has 1 atom stereocenters. The zero-order valence-corrected chi connectivity index (χ0v) is 20.3. The van der Waals surface area contributed by atoms with Crippen LogP contribution in [0.15, 0.2) is 49.1 Å². The Morgan fingerprint density at radius 2 is 2.11 bits per heavy atom. The standard InChI is InChI=1S/C25H26FN9O2/c1-25(2,37)23(26)13-30-24(36)19-12-29-21(22-4-3-17-5-15(7-27)8-32-35(17)22)6-20(19)33-16-9-31-34(14-16)18-10-28-11-18/h3-6,8-9,12,14,18,23,28,37H,10-11,13H2,1-2H3,(H,29,33)(H,30,36)/t23-/m1/s1. The molecule has 12 heteroatoms. The van der Waals surface area contributed by atoms with Crippen molar-refractivity contribution in [3.05, 3.63) is 60.2 Å². The maximum atomic E-state index is 14.3. The van der Waals surface area contributed by atoms with Crippen LogP contribution in [0.4, 0.5) is 15.8 Å². The number of rotatable bonds is 8. The van der Waals surface area contributed by atoms with Gasteiger partial charge in [-0.25, -0.2) is 8.91 Å². The van der Waals surface area contributed by atoms with Gasteiger partial charge >= 0.3 is 0 Å². The summed E-state index contributed by atoms with van der Waals surface area (Å²) in [6.07, 6.45) is 4.76. The Labute approximate surface area is 211 Å². The van der Waals surface area contributed by atoms with Gasteiger partial charge in [0, 0.05) is 25.5 Å². The number of aliphatic hydroxyl groups is 1. The lowest BCUT2D eigenvalue weighted by Crippen LogP contribution is -2.43. The molecule has 4 aromatic heterocycles. The van der Waals surface area contributed by atoms with E-state index in [2.05, 4.69) is 37.2 Å². The topological polar surface area (TPSA) is 145 Å². The maximum absolute atomic E-state index is 14.3. The molecular formula is C25H26FN9O2. The Morgan fingerprint density at radius 1 is 1.30 bits per heavy atom. The van der Waals surface area contributed by atoms with Gasteiger partial charge in [0.2, 0.25) is 0 Å². The summed E-state index contributed by atoms with van der Waals surface area (Å²) in [5, 5.41) is 36.7. The Kier molecular flexibility index (Phi) is 6.32. The largest absolute Gasteiger partial charge is 0.387 e. The molecule has 37 heavy (non-hydrogen) atoms. The number of nitriles is 1. The molecule has 5 rings (SSSR count). The minimum absolute atomic E-state index is 0.199. The van der Waals surface area contributed by atoms with Crippen LogP contribution in [0.5, 0.6) is 0 Å².